The first-order valence-electron chi connectivity index (χ1n) is 11.2. The van der Waals surface area contributed by atoms with Crippen LogP contribution in [0.1, 0.15) is 12.5 Å². The van der Waals surface area contributed by atoms with Gasteiger partial charge in [0.05, 0.1) is 42.3 Å². The van der Waals surface area contributed by atoms with Crippen molar-refractivity contribution in [2.45, 2.75) is 13.5 Å². The van der Waals surface area contributed by atoms with Crippen molar-refractivity contribution in [3.63, 3.8) is 0 Å². The van der Waals surface area contributed by atoms with E-state index < -0.39 is 0 Å². The SMILES string of the molecule is C=CC(C)C(=O)NCCNc1ccc(-c2cc(OCCn3ccnc3)cn3ncc(C#N)c23)cn1. The molecule has 0 aliphatic carbocycles. The number of nitriles is 1. The van der Waals surface area contributed by atoms with Gasteiger partial charge in [0.2, 0.25) is 5.91 Å². The molecule has 0 radical (unpaired) electrons. The maximum Gasteiger partial charge on any atom is 0.226 e. The van der Waals surface area contributed by atoms with E-state index in [0.717, 1.165) is 11.1 Å². The number of carbonyl (C=O) groups is 1. The first-order chi connectivity index (χ1) is 17.1. The van der Waals surface area contributed by atoms with Crippen LogP contribution in [0.2, 0.25) is 0 Å². The number of hydrogen-bond donors (Lipinski definition) is 2. The normalized spacial score (nSPS) is 11.5. The lowest BCUT2D eigenvalue weighted by atomic mass is 10.1. The topological polar surface area (TPSA) is 122 Å². The third kappa shape index (κ3) is 5.65. The number of pyridine rings is 2. The molecule has 0 saturated carbocycles. The number of anilines is 1. The molecular formula is C25H26N8O2. The fourth-order valence-corrected chi connectivity index (χ4v) is 3.47. The van der Waals surface area contributed by atoms with E-state index in [9.17, 15) is 10.1 Å². The van der Waals surface area contributed by atoms with Gasteiger partial charge in [0.1, 0.15) is 24.2 Å². The van der Waals surface area contributed by atoms with Gasteiger partial charge in [-0.25, -0.2) is 14.5 Å². The molecule has 0 saturated heterocycles. The average molecular weight is 471 g/mol. The summed E-state index contributed by atoms with van der Waals surface area (Å²) < 4.78 is 9.55. The van der Waals surface area contributed by atoms with Gasteiger partial charge in [0.25, 0.3) is 0 Å². The summed E-state index contributed by atoms with van der Waals surface area (Å²) in [6.45, 7) is 7.54. The predicted octanol–water partition coefficient (Wildman–Crippen LogP) is 2.89. The number of aromatic nitrogens is 5. The monoisotopic (exact) mass is 470 g/mol. The van der Waals surface area contributed by atoms with Crippen LogP contribution < -0.4 is 15.4 Å². The van der Waals surface area contributed by atoms with Crippen LogP contribution in [0.15, 0.2) is 68.2 Å². The number of ether oxygens (including phenoxy) is 1. The molecule has 4 aromatic heterocycles. The fraction of sp³-hybridized carbons (Fsp3) is 0.240. The summed E-state index contributed by atoms with van der Waals surface area (Å²) in [5, 5.41) is 19.9. The first kappa shape index (κ1) is 23.5. The van der Waals surface area contributed by atoms with Crippen molar-refractivity contribution >= 4 is 17.2 Å². The molecule has 35 heavy (non-hydrogen) atoms. The highest BCUT2D eigenvalue weighted by molar-refractivity contribution is 5.85. The van der Waals surface area contributed by atoms with Crippen LogP contribution >= 0.6 is 0 Å². The van der Waals surface area contributed by atoms with E-state index in [0.29, 0.717) is 48.9 Å². The van der Waals surface area contributed by atoms with Crippen molar-refractivity contribution in [2.75, 3.05) is 25.0 Å². The zero-order valence-electron chi connectivity index (χ0n) is 19.4. The summed E-state index contributed by atoms with van der Waals surface area (Å²) in [7, 11) is 0. The van der Waals surface area contributed by atoms with E-state index in [1.54, 1.807) is 48.6 Å². The van der Waals surface area contributed by atoms with Crippen LogP contribution in [0.3, 0.4) is 0 Å². The Hall–Kier alpha value is -4.65. The van der Waals surface area contributed by atoms with Crippen molar-refractivity contribution in [1.29, 1.82) is 5.26 Å². The maximum atomic E-state index is 11.8. The number of fused-ring (bicyclic) bond motifs is 1. The second kappa shape index (κ2) is 11.0. The Morgan fingerprint density at radius 3 is 2.94 bits per heavy atom. The van der Waals surface area contributed by atoms with Crippen LogP contribution in [0.25, 0.3) is 16.6 Å². The number of carbonyl (C=O) groups excluding carboxylic acids is 1. The highest BCUT2D eigenvalue weighted by Gasteiger charge is 2.14. The molecule has 1 amide bonds. The molecule has 4 rings (SSSR count). The summed E-state index contributed by atoms with van der Waals surface area (Å²) in [5.74, 6) is 1.02. The summed E-state index contributed by atoms with van der Waals surface area (Å²) in [6, 6.07) is 7.87. The van der Waals surface area contributed by atoms with Gasteiger partial charge >= 0.3 is 0 Å². The van der Waals surface area contributed by atoms with Gasteiger partial charge in [-0.2, -0.15) is 10.4 Å². The highest BCUT2D eigenvalue weighted by Crippen LogP contribution is 2.31. The second-order valence-electron chi connectivity index (χ2n) is 7.88. The zero-order valence-corrected chi connectivity index (χ0v) is 19.4. The van der Waals surface area contributed by atoms with Crippen molar-refractivity contribution in [3.05, 3.63) is 73.7 Å². The molecule has 4 heterocycles. The van der Waals surface area contributed by atoms with Crippen LogP contribution in [-0.2, 0) is 11.3 Å². The Balaban J connectivity index is 1.47. The van der Waals surface area contributed by atoms with E-state index in [4.69, 9.17) is 4.74 Å². The van der Waals surface area contributed by atoms with Crippen LogP contribution in [0, 0.1) is 17.2 Å². The Bertz CT molecular complexity index is 1340. The number of amides is 1. The number of hydrogen-bond acceptors (Lipinski definition) is 7. The molecule has 0 bridgehead atoms. The van der Waals surface area contributed by atoms with Gasteiger partial charge in [-0.15, -0.1) is 6.58 Å². The van der Waals surface area contributed by atoms with E-state index in [1.165, 1.54) is 0 Å². The van der Waals surface area contributed by atoms with Crippen molar-refractivity contribution in [3.8, 4) is 22.9 Å². The van der Waals surface area contributed by atoms with E-state index in [2.05, 4.69) is 38.3 Å². The number of nitrogens with zero attached hydrogens (tertiary/aromatic N) is 6. The smallest absolute Gasteiger partial charge is 0.226 e. The average Bonchev–Trinajstić information content (AvgIpc) is 3.56. The second-order valence-corrected chi connectivity index (χ2v) is 7.88. The van der Waals surface area contributed by atoms with E-state index in [1.807, 2.05) is 29.0 Å². The molecular weight excluding hydrogens is 444 g/mol. The molecule has 4 aromatic rings. The van der Waals surface area contributed by atoms with Gasteiger partial charge in [0.15, 0.2) is 0 Å². The Kier molecular flexibility index (Phi) is 7.37. The molecule has 10 heteroatoms. The van der Waals surface area contributed by atoms with Crippen molar-refractivity contribution in [1.82, 2.24) is 29.5 Å². The van der Waals surface area contributed by atoms with Crippen molar-refractivity contribution < 1.29 is 9.53 Å². The van der Waals surface area contributed by atoms with Crippen LogP contribution in [0.4, 0.5) is 5.82 Å². The Morgan fingerprint density at radius 1 is 1.34 bits per heavy atom. The summed E-state index contributed by atoms with van der Waals surface area (Å²) in [5.41, 5.74) is 2.78. The minimum Gasteiger partial charge on any atom is -0.490 e. The number of imidazole rings is 1. The first-order valence-corrected chi connectivity index (χ1v) is 11.2. The van der Waals surface area contributed by atoms with Gasteiger partial charge in [-0.3, -0.25) is 4.79 Å². The van der Waals surface area contributed by atoms with E-state index >= 15 is 0 Å². The van der Waals surface area contributed by atoms with Gasteiger partial charge in [-0.05, 0) is 18.2 Å². The third-order valence-corrected chi connectivity index (χ3v) is 5.46. The van der Waals surface area contributed by atoms with Gasteiger partial charge in [-0.1, -0.05) is 13.0 Å². The van der Waals surface area contributed by atoms with Gasteiger partial charge in [0, 0.05) is 42.8 Å². The summed E-state index contributed by atoms with van der Waals surface area (Å²) in [4.78, 5) is 20.3. The summed E-state index contributed by atoms with van der Waals surface area (Å²) in [6.07, 6.45) is 12.0. The lowest BCUT2D eigenvalue weighted by Crippen LogP contribution is -2.32. The maximum absolute atomic E-state index is 11.8. The molecule has 1 atom stereocenters. The minimum atomic E-state index is -0.225. The molecule has 0 fully saturated rings. The zero-order chi connectivity index (χ0) is 24.6. The molecule has 178 valence electrons. The summed E-state index contributed by atoms with van der Waals surface area (Å²) >= 11 is 0. The Morgan fingerprint density at radius 2 is 2.23 bits per heavy atom. The largest absolute Gasteiger partial charge is 0.490 e. The molecule has 0 aliphatic rings. The lowest BCUT2D eigenvalue weighted by Gasteiger charge is -2.12. The Labute approximate surface area is 202 Å². The van der Waals surface area contributed by atoms with Crippen LogP contribution in [-0.4, -0.2) is 49.8 Å². The fourth-order valence-electron chi connectivity index (χ4n) is 3.47. The molecule has 2 N–H and O–H groups in total. The molecule has 10 nitrogen and oxygen atoms in total. The molecule has 1 unspecified atom stereocenters. The molecule has 0 spiro atoms. The number of nitrogens with one attached hydrogen (secondary N) is 2. The number of rotatable bonds is 11. The molecule has 0 aromatic carbocycles. The quantitative estimate of drug-likeness (QED) is 0.255. The van der Waals surface area contributed by atoms with E-state index in [-0.39, 0.29) is 11.8 Å². The van der Waals surface area contributed by atoms with Gasteiger partial charge < -0.3 is 19.9 Å². The highest BCUT2D eigenvalue weighted by atomic mass is 16.5. The van der Waals surface area contributed by atoms with Crippen molar-refractivity contribution in [2.24, 2.45) is 5.92 Å². The minimum absolute atomic E-state index is 0.0599. The lowest BCUT2D eigenvalue weighted by molar-refractivity contribution is -0.123. The standard InChI is InChI=1S/C25H26N8O2/c1-3-18(2)25(34)29-7-6-28-23-5-4-19(14-30-23)22-12-21(35-11-10-32-9-8-27-17-32)16-33-24(22)20(13-26)15-31-33/h3-5,8-9,12,14-18H,1,6-7,10-11H2,2H3,(H,28,30)(H,29,34). The predicted molar refractivity (Wildman–Crippen MR) is 132 cm³/mol. The van der Waals surface area contributed by atoms with Crippen LogP contribution in [0.5, 0.6) is 5.75 Å². The third-order valence-electron chi connectivity index (χ3n) is 5.46. The molecule has 0 aliphatic heterocycles.